The van der Waals surface area contributed by atoms with Crippen molar-refractivity contribution in [2.24, 2.45) is 5.73 Å². The number of anilines is 1. The molecule has 2 aliphatic heterocycles. The molecule has 0 saturated carbocycles. The highest BCUT2D eigenvalue weighted by atomic mass is 31.3. The van der Waals surface area contributed by atoms with Crippen LogP contribution in [0.4, 0.5) is 5.95 Å². The summed E-state index contributed by atoms with van der Waals surface area (Å²) in [7, 11) is -10.9. The van der Waals surface area contributed by atoms with Crippen molar-refractivity contribution in [3.05, 3.63) is 16.7 Å². The van der Waals surface area contributed by atoms with Crippen molar-refractivity contribution in [2.45, 2.75) is 62.1 Å². The van der Waals surface area contributed by atoms with Gasteiger partial charge in [0.05, 0.1) is 25.1 Å². The molecule has 2 aliphatic rings. The number of nitrogens with one attached hydrogen (secondary N) is 1. The topological polar surface area (TPSA) is 317 Å². The smallest absolute Gasteiger partial charge is 0.388 e. The minimum Gasteiger partial charge on any atom is -0.388 e. The van der Waals surface area contributed by atoms with Crippen molar-refractivity contribution in [2.75, 3.05) is 12.3 Å². The van der Waals surface area contributed by atoms with Gasteiger partial charge in [0.1, 0.15) is 30.5 Å². The van der Waals surface area contributed by atoms with E-state index in [1.54, 1.807) is 0 Å². The summed E-state index contributed by atoms with van der Waals surface area (Å²) in [5.74, 6) is -0.260. The summed E-state index contributed by atoms with van der Waals surface area (Å²) < 4.78 is 49.6. The highest BCUT2D eigenvalue weighted by Crippen LogP contribution is 2.61. The fourth-order valence-corrected chi connectivity index (χ4v) is 5.99. The van der Waals surface area contributed by atoms with Crippen LogP contribution in [0.2, 0.25) is 0 Å². The van der Waals surface area contributed by atoms with E-state index in [-0.39, 0.29) is 17.1 Å². The van der Waals surface area contributed by atoms with Gasteiger partial charge in [0.2, 0.25) is 5.95 Å². The third kappa shape index (κ3) is 5.83. The molecule has 0 aliphatic carbocycles. The van der Waals surface area contributed by atoms with Gasteiger partial charge in [-0.15, -0.1) is 0 Å². The maximum atomic E-state index is 12.3. The number of aromatic nitrogens is 4. The SMILES string of the molecule is C[C@H]1O[C@H](OP(=O)(O)OP(=O)(O)OC[C@H]2O[C@@H](n3cnc4c(=O)[nH]c(N)nc43)[C@H](O)[C@@H]2O)[C@@H](O)[C@@H](O)[C@@H]1N. The molecule has 214 valence electrons. The Bertz CT molecular complexity index is 1320. The van der Waals surface area contributed by atoms with Crippen LogP contribution in [-0.4, -0.2) is 105 Å². The molecule has 0 bridgehead atoms. The minimum absolute atomic E-state index is 0.0916. The lowest BCUT2D eigenvalue weighted by Crippen LogP contribution is -2.60. The number of ether oxygens (including phenoxy) is 2. The van der Waals surface area contributed by atoms with Crippen molar-refractivity contribution in [1.29, 1.82) is 0 Å². The lowest BCUT2D eigenvalue weighted by Gasteiger charge is -2.39. The molecule has 11 atom stereocenters. The van der Waals surface area contributed by atoms with E-state index in [9.17, 15) is 44.1 Å². The van der Waals surface area contributed by atoms with Crippen LogP contribution in [-0.2, 0) is 32.0 Å². The summed E-state index contributed by atoms with van der Waals surface area (Å²) in [4.78, 5) is 41.7. The Morgan fingerprint density at radius 2 is 1.79 bits per heavy atom. The Kier molecular flexibility index (Phi) is 8.12. The van der Waals surface area contributed by atoms with Crippen molar-refractivity contribution >= 4 is 32.8 Å². The Labute approximate surface area is 211 Å². The zero-order valence-corrected chi connectivity index (χ0v) is 21.1. The van der Waals surface area contributed by atoms with Gasteiger partial charge in [-0.1, -0.05) is 0 Å². The molecule has 0 amide bonds. The predicted molar refractivity (Wildman–Crippen MR) is 121 cm³/mol. The molecule has 4 heterocycles. The number of imidazole rings is 1. The number of nitrogens with zero attached hydrogens (tertiary/aromatic N) is 3. The van der Waals surface area contributed by atoms with Gasteiger partial charge in [0, 0.05) is 0 Å². The first-order valence-electron chi connectivity index (χ1n) is 10.8. The molecule has 0 aromatic carbocycles. The van der Waals surface area contributed by atoms with E-state index < -0.39 is 83.0 Å². The third-order valence-corrected chi connectivity index (χ3v) is 8.42. The molecule has 4 rings (SSSR count). The van der Waals surface area contributed by atoms with Gasteiger partial charge in [0.25, 0.3) is 5.56 Å². The van der Waals surface area contributed by atoms with Gasteiger partial charge < -0.3 is 51.2 Å². The number of hydrogen-bond donors (Lipinski definition) is 9. The van der Waals surface area contributed by atoms with Crippen LogP contribution in [0, 0.1) is 0 Å². The predicted octanol–water partition coefficient (Wildman–Crippen LogP) is -3.63. The lowest BCUT2D eigenvalue weighted by atomic mass is 9.98. The number of aliphatic hydroxyl groups is 4. The molecule has 0 radical (unpaired) electrons. The third-order valence-electron chi connectivity index (χ3n) is 5.82. The fraction of sp³-hybridized carbons (Fsp3) is 0.688. The Hall–Kier alpha value is -1.87. The average molecular weight is 588 g/mol. The first-order chi connectivity index (χ1) is 17.6. The molecule has 20 nitrogen and oxygen atoms in total. The van der Waals surface area contributed by atoms with Gasteiger partial charge in [0.15, 0.2) is 23.7 Å². The standard InChI is InChI=1S/C16H26N6O14P2/c1-4-6(17)9(24)11(26)15(33-4)35-38(30,31)36-37(28,29)32-2-5-8(23)10(25)14(34-5)22-3-19-7-12(22)20-16(18)21-13(7)27/h3-6,8-11,14-15,23-26H,2,17H2,1H3,(H,28,29)(H,30,31)(H3,18,20,21,27)/t4-,5-,6-,8-,9+,10-,11+,14-,15-/m1/s1. The van der Waals surface area contributed by atoms with Gasteiger partial charge in [-0.2, -0.15) is 9.29 Å². The molecule has 2 unspecified atom stereocenters. The van der Waals surface area contributed by atoms with Crippen LogP contribution in [0.1, 0.15) is 13.2 Å². The second-order valence-electron chi connectivity index (χ2n) is 8.51. The van der Waals surface area contributed by atoms with Gasteiger partial charge in [-0.25, -0.2) is 14.1 Å². The van der Waals surface area contributed by atoms with E-state index in [0.717, 1.165) is 10.9 Å². The molecule has 2 saturated heterocycles. The van der Waals surface area contributed by atoms with Crippen LogP contribution in [0.15, 0.2) is 11.1 Å². The highest BCUT2D eigenvalue weighted by Gasteiger charge is 2.48. The van der Waals surface area contributed by atoms with Crippen LogP contribution in [0.25, 0.3) is 11.2 Å². The van der Waals surface area contributed by atoms with Crippen LogP contribution < -0.4 is 17.0 Å². The molecule has 2 fully saturated rings. The number of H-pyrrole nitrogens is 1. The summed E-state index contributed by atoms with van der Waals surface area (Å²) >= 11 is 0. The highest BCUT2D eigenvalue weighted by molar-refractivity contribution is 7.61. The van der Waals surface area contributed by atoms with Crippen molar-refractivity contribution in [1.82, 2.24) is 19.5 Å². The van der Waals surface area contributed by atoms with Crippen molar-refractivity contribution < 1.29 is 62.2 Å². The Balaban J connectivity index is 1.39. The normalized spacial score (nSPS) is 37.2. The quantitative estimate of drug-likeness (QED) is 0.134. The zero-order chi connectivity index (χ0) is 28.2. The molecular formula is C16H26N6O14P2. The number of phosphoric acid groups is 2. The average Bonchev–Trinajstić information content (AvgIpc) is 3.35. The molecule has 2 aromatic heterocycles. The van der Waals surface area contributed by atoms with Crippen LogP contribution >= 0.6 is 15.6 Å². The number of nitrogens with two attached hydrogens (primary N) is 2. The van der Waals surface area contributed by atoms with Crippen LogP contribution in [0.3, 0.4) is 0 Å². The van der Waals surface area contributed by atoms with Gasteiger partial charge in [-0.05, 0) is 6.92 Å². The van der Waals surface area contributed by atoms with E-state index in [1.165, 1.54) is 6.92 Å². The maximum Gasteiger partial charge on any atom is 0.483 e. The molecule has 22 heteroatoms. The van der Waals surface area contributed by atoms with Crippen molar-refractivity contribution in [3.8, 4) is 0 Å². The van der Waals surface area contributed by atoms with Gasteiger partial charge in [-0.3, -0.25) is 23.4 Å². The zero-order valence-electron chi connectivity index (χ0n) is 19.3. The van der Waals surface area contributed by atoms with E-state index >= 15 is 0 Å². The number of rotatable bonds is 8. The van der Waals surface area contributed by atoms with Gasteiger partial charge >= 0.3 is 15.6 Å². The number of aromatic amines is 1. The van der Waals surface area contributed by atoms with E-state index in [2.05, 4.69) is 28.3 Å². The number of phosphoric ester groups is 2. The molecule has 0 spiro atoms. The molecule has 38 heavy (non-hydrogen) atoms. The second-order valence-corrected chi connectivity index (χ2v) is 11.5. The molecule has 11 N–H and O–H groups in total. The summed E-state index contributed by atoms with van der Waals surface area (Å²) in [6.45, 7) is 0.433. The summed E-state index contributed by atoms with van der Waals surface area (Å²) in [5.41, 5.74) is 10.2. The largest absolute Gasteiger partial charge is 0.483 e. The Morgan fingerprint density at radius 1 is 1.11 bits per heavy atom. The molecule has 2 aromatic rings. The minimum atomic E-state index is -5.46. The number of hydrogen-bond acceptors (Lipinski definition) is 16. The summed E-state index contributed by atoms with van der Waals surface area (Å²) in [6.07, 6.45) is -11.6. The summed E-state index contributed by atoms with van der Waals surface area (Å²) in [6, 6.07) is -1.05. The van der Waals surface area contributed by atoms with E-state index in [0.29, 0.717) is 0 Å². The van der Waals surface area contributed by atoms with Crippen LogP contribution in [0.5, 0.6) is 0 Å². The first-order valence-corrected chi connectivity index (χ1v) is 13.8. The Morgan fingerprint density at radius 3 is 2.47 bits per heavy atom. The monoisotopic (exact) mass is 588 g/mol. The van der Waals surface area contributed by atoms with E-state index in [1.807, 2.05) is 0 Å². The lowest BCUT2D eigenvalue weighted by molar-refractivity contribution is -0.242. The first kappa shape index (κ1) is 29.1. The number of aliphatic hydroxyl groups excluding tert-OH is 4. The fourth-order valence-electron chi connectivity index (χ4n) is 3.83. The maximum absolute atomic E-state index is 12.3. The van der Waals surface area contributed by atoms with Crippen molar-refractivity contribution in [3.63, 3.8) is 0 Å². The second kappa shape index (κ2) is 10.6. The summed E-state index contributed by atoms with van der Waals surface area (Å²) in [5, 5.41) is 40.6. The van der Waals surface area contributed by atoms with E-state index in [4.69, 9.17) is 20.9 Å². The number of fused-ring (bicyclic) bond motifs is 1. The number of nitrogen functional groups attached to an aromatic ring is 1. The molecular weight excluding hydrogens is 562 g/mol.